The van der Waals surface area contributed by atoms with Crippen LogP contribution in [-0.2, 0) is 14.3 Å². The standard InChI is InChI=1S/C25H25NO5/c27-22(19-8-6-18(7-9-19)17-4-2-1-3-5-17)16-31-25(30)20-10-12-21(13-11-20)26-23(28)14-15-24(26)29/h6-13,17H,1-5,14-16H2. The molecule has 31 heavy (non-hydrogen) atoms. The molecule has 0 spiro atoms. The summed E-state index contributed by atoms with van der Waals surface area (Å²) in [4.78, 5) is 49.4. The lowest BCUT2D eigenvalue weighted by Gasteiger charge is -2.22. The van der Waals surface area contributed by atoms with E-state index >= 15 is 0 Å². The Morgan fingerprint density at radius 2 is 1.39 bits per heavy atom. The van der Waals surface area contributed by atoms with Crippen LogP contribution in [0.2, 0.25) is 0 Å². The van der Waals surface area contributed by atoms with Crippen LogP contribution in [0.15, 0.2) is 48.5 Å². The van der Waals surface area contributed by atoms with E-state index in [1.165, 1.54) is 61.9 Å². The van der Waals surface area contributed by atoms with E-state index in [0.29, 0.717) is 17.2 Å². The Kier molecular flexibility index (Phi) is 6.26. The molecule has 1 saturated heterocycles. The van der Waals surface area contributed by atoms with Crippen LogP contribution in [0.5, 0.6) is 0 Å². The summed E-state index contributed by atoms with van der Waals surface area (Å²) in [5, 5.41) is 0. The topological polar surface area (TPSA) is 80.8 Å². The second-order valence-corrected chi connectivity index (χ2v) is 8.13. The summed E-state index contributed by atoms with van der Waals surface area (Å²) in [6, 6.07) is 13.7. The average Bonchev–Trinajstić information content (AvgIpc) is 3.16. The number of anilines is 1. The Bertz CT molecular complexity index is 972. The summed E-state index contributed by atoms with van der Waals surface area (Å²) in [6.07, 6.45) is 6.61. The molecular formula is C25H25NO5. The number of hydrogen-bond acceptors (Lipinski definition) is 5. The Balaban J connectivity index is 1.32. The van der Waals surface area contributed by atoms with Crippen LogP contribution in [-0.4, -0.2) is 30.2 Å². The van der Waals surface area contributed by atoms with E-state index < -0.39 is 5.97 Å². The van der Waals surface area contributed by atoms with E-state index in [9.17, 15) is 19.2 Å². The van der Waals surface area contributed by atoms with E-state index in [4.69, 9.17) is 4.74 Å². The molecule has 4 rings (SSSR count). The van der Waals surface area contributed by atoms with Crippen LogP contribution >= 0.6 is 0 Å². The highest BCUT2D eigenvalue weighted by molar-refractivity contribution is 6.19. The summed E-state index contributed by atoms with van der Waals surface area (Å²) in [5.74, 6) is -0.808. The van der Waals surface area contributed by atoms with Crippen LogP contribution in [0.4, 0.5) is 5.69 Å². The second-order valence-electron chi connectivity index (χ2n) is 8.13. The first kappa shape index (κ1) is 21.0. The van der Waals surface area contributed by atoms with Gasteiger partial charge in [0.2, 0.25) is 11.8 Å². The second kappa shape index (κ2) is 9.25. The van der Waals surface area contributed by atoms with Gasteiger partial charge in [0.05, 0.1) is 11.3 Å². The first-order valence-corrected chi connectivity index (χ1v) is 10.8. The normalized spacial score (nSPS) is 17.1. The molecule has 0 radical (unpaired) electrons. The molecule has 1 saturated carbocycles. The third-order valence-electron chi connectivity index (χ3n) is 6.06. The molecule has 0 N–H and O–H groups in total. The Labute approximate surface area is 181 Å². The third-order valence-corrected chi connectivity index (χ3v) is 6.06. The maximum absolute atomic E-state index is 12.4. The van der Waals surface area contributed by atoms with Gasteiger partial charge in [-0.1, -0.05) is 43.5 Å². The number of amides is 2. The largest absolute Gasteiger partial charge is 0.454 e. The van der Waals surface area contributed by atoms with Crippen molar-refractivity contribution < 1.29 is 23.9 Å². The average molecular weight is 419 g/mol. The molecule has 1 aliphatic heterocycles. The van der Waals surface area contributed by atoms with Crippen molar-refractivity contribution in [2.75, 3.05) is 11.5 Å². The van der Waals surface area contributed by atoms with Crippen molar-refractivity contribution in [2.24, 2.45) is 0 Å². The predicted molar refractivity (Wildman–Crippen MR) is 115 cm³/mol. The third kappa shape index (κ3) is 4.74. The molecule has 2 amide bonds. The maximum atomic E-state index is 12.4. The van der Waals surface area contributed by atoms with Crippen molar-refractivity contribution >= 4 is 29.3 Å². The minimum Gasteiger partial charge on any atom is -0.454 e. The zero-order chi connectivity index (χ0) is 21.8. The summed E-state index contributed by atoms with van der Waals surface area (Å²) in [5.41, 5.74) is 2.47. The van der Waals surface area contributed by atoms with Gasteiger partial charge in [0.25, 0.3) is 0 Å². The van der Waals surface area contributed by atoms with Crippen molar-refractivity contribution in [3.63, 3.8) is 0 Å². The Morgan fingerprint density at radius 1 is 0.806 bits per heavy atom. The van der Waals surface area contributed by atoms with Crippen LogP contribution in [0, 0.1) is 0 Å². The van der Waals surface area contributed by atoms with Crippen LogP contribution in [0.1, 0.15) is 77.1 Å². The summed E-state index contributed by atoms with van der Waals surface area (Å²) >= 11 is 0. The first-order valence-electron chi connectivity index (χ1n) is 10.8. The van der Waals surface area contributed by atoms with Crippen molar-refractivity contribution in [2.45, 2.75) is 50.9 Å². The van der Waals surface area contributed by atoms with Gasteiger partial charge in [0.15, 0.2) is 12.4 Å². The zero-order valence-corrected chi connectivity index (χ0v) is 17.3. The van der Waals surface area contributed by atoms with Crippen molar-refractivity contribution in [1.29, 1.82) is 0 Å². The van der Waals surface area contributed by atoms with Crippen LogP contribution < -0.4 is 4.90 Å². The van der Waals surface area contributed by atoms with Gasteiger partial charge in [0.1, 0.15) is 0 Å². The highest BCUT2D eigenvalue weighted by atomic mass is 16.5. The van der Waals surface area contributed by atoms with E-state index in [1.54, 1.807) is 12.1 Å². The van der Waals surface area contributed by atoms with Gasteiger partial charge >= 0.3 is 5.97 Å². The highest BCUT2D eigenvalue weighted by Crippen LogP contribution is 2.32. The van der Waals surface area contributed by atoms with E-state index in [1.807, 2.05) is 12.1 Å². The van der Waals surface area contributed by atoms with Gasteiger partial charge in [-0.05, 0) is 48.6 Å². The molecule has 1 aliphatic carbocycles. The first-order chi connectivity index (χ1) is 15.0. The number of carbonyl (C=O) groups is 4. The highest BCUT2D eigenvalue weighted by Gasteiger charge is 2.30. The molecule has 2 fully saturated rings. The maximum Gasteiger partial charge on any atom is 0.338 e. The number of esters is 1. The molecule has 6 heteroatoms. The SMILES string of the molecule is O=C(COC(=O)c1ccc(N2C(=O)CCC2=O)cc1)c1ccc(C2CCCCC2)cc1. The summed E-state index contributed by atoms with van der Waals surface area (Å²) in [6.45, 7) is -0.341. The van der Waals surface area contributed by atoms with Crippen molar-refractivity contribution in [1.82, 2.24) is 0 Å². The molecule has 6 nitrogen and oxygen atoms in total. The van der Waals surface area contributed by atoms with E-state index in [2.05, 4.69) is 0 Å². The van der Waals surface area contributed by atoms with Gasteiger partial charge in [-0.15, -0.1) is 0 Å². The molecule has 0 unspecified atom stereocenters. The fourth-order valence-electron chi connectivity index (χ4n) is 4.29. The van der Waals surface area contributed by atoms with Gasteiger partial charge in [-0.3, -0.25) is 19.3 Å². The molecule has 1 heterocycles. The number of hydrogen-bond donors (Lipinski definition) is 0. The summed E-state index contributed by atoms with van der Waals surface area (Å²) < 4.78 is 5.16. The molecule has 2 aliphatic rings. The number of benzene rings is 2. The lowest BCUT2D eigenvalue weighted by atomic mass is 9.84. The smallest absolute Gasteiger partial charge is 0.338 e. The van der Waals surface area contributed by atoms with Crippen LogP contribution in [0.25, 0.3) is 0 Å². The number of ether oxygens (including phenoxy) is 1. The lowest BCUT2D eigenvalue weighted by molar-refractivity contribution is -0.121. The van der Waals surface area contributed by atoms with Crippen molar-refractivity contribution in [3.8, 4) is 0 Å². The Hall–Kier alpha value is -3.28. The van der Waals surface area contributed by atoms with Gasteiger partial charge < -0.3 is 4.74 Å². The number of Topliss-reactive ketones (excluding diaryl/α,β-unsaturated/α-hetero) is 1. The fraction of sp³-hybridized carbons (Fsp3) is 0.360. The Morgan fingerprint density at radius 3 is 2.00 bits per heavy atom. The number of ketones is 1. The predicted octanol–water partition coefficient (Wildman–Crippen LogP) is 4.43. The molecule has 0 atom stereocenters. The lowest BCUT2D eigenvalue weighted by Crippen LogP contribution is -2.28. The quantitative estimate of drug-likeness (QED) is 0.393. The zero-order valence-electron chi connectivity index (χ0n) is 17.3. The molecule has 160 valence electrons. The number of rotatable bonds is 6. The molecule has 0 aromatic heterocycles. The van der Waals surface area contributed by atoms with Gasteiger partial charge in [-0.2, -0.15) is 0 Å². The minimum atomic E-state index is -0.627. The number of imide groups is 1. The van der Waals surface area contributed by atoms with Crippen molar-refractivity contribution in [3.05, 3.63) is 65.2 Å². The van der Waals surface area contributed by atoms with Gasteiger partial charge in [-0.25, -0.2) is 4.79 Å². The molecule has 2 aromatic carbocycles. The molecular weight excluding hydrogens is 394 g/mol. The molecule has 2 aromatic rings. The number of carbonyl (C=O) groups excluding carboxylic acids is 4. The van der Waals surface area contributed by atoms with E-state index in [-0.39, 0.29) is 42.6 Å². The monoisotopic (exact) mass is 419 g/mol. The van der Waals surface area contributed by atoms with Gasteiger partial charge in [0, 0.05) is 18.4 Å². The summed E-state index contributed by atoms with van der Waals surface area (Å²) in [7, 11) is 0. The number of nitrogens with zero attached hydrogens (tertiary/aromatic N) is 1. The van der Waals surface area contributed by atoms with E-state index in [0.717, 1.165) is 4.90 Å². The van der Waals surface area contributed by atoms with Crippen LogP contribution in [0.3, 0.4) is 0 Å². The molecule has 0 bridgehead atoms. The fourth-order valence-corrected chi connectivity index (χ4v) is 4.29. The minimum absolute atomic E-state index is 0.201.